The summed E-state index contributed by atoms with van der Waals surface area (Å²) in [5.74, 6) is -0.679. The minimum absolute atomic E-state index is 0.0000139. The molecule has 52 heavy (non-hydrogen) atoms. The zero-order chi connectivity index (χ0) is 37.4. The predicted molar refractivity (Wildman–Crippen MR) is 179 cm³/mol. The van der Waals surface area contributed by atoms with E-state index in [1.165, 1.54) is 14.1 Å². The Morgan fingerprint density at radius 1 is 0.673 bits per heavy atom. The van der Waals surface area contributed by atoms with Gasteiger partial charge >= 0.3 is 18.4 Å². The van der Waals surface area contributed by atoms with Crippen LogP contribution in [0.3, 0.4) is 0 Å². The molecule has 2 amide bonds. The number of halogens is 6. The fraction of sp³-hybridized carbons (Fsp3) is 0.516. The molecule has 0 spiro atoms. The smallest absolute Gasteiger partial charge is 0.372 e. The molecule has 0 aliphatic carbocycles. The molecule has 0 unspecified atom stereocenters. The van der Waals surface area contributed by atoms with Crippen LogP contribution in [-0.4, -0.2) is 95.6 Å². The van der Waals surface area contributed by atoms with Crippen molar-refractivity contribution in [2.45, 2.75) is 64.0 Å². The van der Waals surface area contributed by atoms with E-state index in [9.17, 15) is 31.1 Å². The number of hydrogen-bond donors (Lipinski definition) is 4. The maximum Gasteiger partial charge on any atom is 0.421 e. The maximum absolute atomic E-state index is 13.4. The van der Waals surface area contributed by atoms with Crippen LogP contribution in [0.4, 0.5) is 66.0 Å². The first-order valence-electron chi connectivity index (χ1n) is 16.6. The number of hydrogen-bond acceptors (Lipinski definition) is 11. The summed E-state index contributed by atoms with van der Waals surface area (Å²) < 4.78 is 83.0. The quantitative estimate of drug-likeness (QED) is 0.158. The summed E-state index contributed by atoms with van der Waals surface area (Å²) >= 11 is 0. The van der Waals surface area contributed by atoms with Gasteiger partial charge in [0.2, 0.25) is 11.9 Å². The minimum Gasteiger partial charge on any atom is -0.372 e. The summed E-state index contributed by atoms with van der Waals surface area (Å²) in [5.41, 5.74) is 0.456. The van der Waals surface area contributed by atoms with Crippen LogP contribution in [0, 0.1) is 13.8 Å². The molecule has 6 heterocycles. The molecule has 2 saturated heterocycles. The number of nitrogens with one attached hydrogen (secondary N) is 4. The van der Waals surface area contributed by atoms with Crippen molar-refractivity contribution in [2.75, 3.05) is 61.5 Å². The highest BCUT2D eigenvalue weighted by molar-refractivity contribution is 5.74. The Hall–Kier alpha value is -5.37. The number of piperidine rings is 2. The van der Waals surface area contributed by atoms with Gasteiger partial charge in [-0.3, -0.25) is 9.36 Å². The number of aryl methyl sites for hydroxylation is 2. The zero-order valence-corrected chi connectivity index (χ0v) is 28.8. The Balaban J connectivity index is 1.00. The fourth-order valence-electron chi connectivity index (χ4n) is 6.35. The van der Waals surface area contributed by atoms with Crippen LogP contribution < -0.4 is 21.3 Å². The van der Waals surface area contributed by atoms with E-state index in [-0.39, 0.29) is 41.6 Å². The van der Waals surface area contributed by atoms with Crippen molar-refractivity contribution in [3.8, 4) is 0 Å². The molecule has 2 aliphatic rings. The summed E-state index contributed by atoms with van der Waals surface area (Å²) in [7, 11) is 2.71. The van der Waals surface area contributed by atoms with E-state index in [0.717, 1.165) is 12.4 Å². The van der Waals surface area contributed by atoms with Crippen molar-refractivity contribution < 1.29 is 31.1 Å². The number of amides is 2. The largest absolute Gasteiger partial charge is 0.421 e. The van der Waals surface area contributed by atoms with Crippen LogP contribution in [0.15, 0.2) is 24.8 Å². The lowest BCUT2D eigenvalue weighted by Gasteiger charge is -2.38. The topological polar surface area (TPSA) is 159 Å². The van der Waals surface area contributed by atoms with E-state index in [1.54, 1.807) is 26.2 Å². The van der Waals surface area contributed by atoms with Gasteiger partial charge in [0.05, 0.1) is 34.8 Å². The number of likely N-dealkylation sites (tertiary alicyclic amines) is 2. The number of carbonyl (C=O) groups is 1. The molecule has 21 heteroatoms. The average Bonchev–Trinajstić information content (AvgIpc) is 3.67. The highest BCUT2D eigenvalue weighted by Crippen LogP contribution is 2.36. The molecule has 0 bridgehead atoms. The van der Waals surface area contributed by atoms with E-state index in [0.29, 0.717) is 74.6 Å². The van der Waals surface area contributed by atoms with Crippen molar-refractivity contribution in [2.24, 2.45) is 0 Å². The van der Waals surface area contributed by atoms with Gasteiger partial charge in [0.25, 0.3) is 0 Å². The third-order valence-electron chi connectivity index (χ3n) is 9.21. The van der Waals surface area contributed by atoms with E-state index in [4.69, 9.17) is 0 Å². The Bertz CT molecular complexity index is 1760. The number of alkyl halides is 6. The minimum atomic E-state index is -4.59. The molecule has 0 saturated carbocycles. The molecule has 15 nitrogen and oxygen atoms in total. The standard InChI is InChI=1S/C31H38F6N14O/c1-17-23(42-27-40-13-21(30(32,33)34)25(38-3)44-27)15-50(46-17)19-5-9-48(10-6-19)29(52)49-11-7-20(8-12-49)51-16-24(18(2)47-51)43-28-41-14-22(31(35,36)37)26(39-4)45-28/h13-16,19-20H,5-12H2,1-4H3,(H2,38,40,42,44)(H2,39,41,43,45). The number of urea groups is 1. The van der Waals surface area contributed by atoms with Crippen LogP contribution in [0.5, 0.6) is 0 Å². The Morgan fingerprint density at radius 3 is 1.37 bits per heavy atom. The first-order valence-corrected chi connectivity index (χ1v) is 16.6. The number of nitrogens with zero attached hydrogens (tertiary/aromatic N) is 10. The first-order chi connectivity index (χ1) is 24.6. The number of carbonyl (C=O) groups excluding carboxylic acids is 1. The molecule has 4 aromatic rings. The molecule has 0 radical (unpaired) electrons. The zero-order valence-electron chi connectivity index (χ0n) is 28.8. The van der Waals surface area contributed by atoms with E-state index in [2.05, 4.69) is 51.4 Å². The lowest BCUT2D eigenvalue weighted by molar-refractivity contribution is -0.138. The van der Waals surface area contributed by atoms with Crippen molar-refractivity contribution in [3.05, 3.63) is 47.3 Å². The van der Waals surface area contributed by atoms with Gasteiger partial charge in [0, 0.05) is 65.1 Å². The third-order valence-corrected chi connectivity index (χ3v) is 9.21. The normalized spacial score (nSPS) is 16.3. The van der Waals surface area contributed by atoms with Crippen molar-refractivity contribution >= 4 is 40.9 Å². The molecule has 280 valence electrons. The second kappa shape index (κ2) is 14.3. The van der Waals surface area contributed by atoms with Gasteiger partial charge in [0.1, 0.15) is 22.8 Å². The van der Waals surface area contributed by atoms with Gasteiger partial charge in [0.15, 0.2) is 0 Å². The highest BCUT2D eigenvalue weighted by atomic mass is 19.4. The molecular weight excluding hydrogens is 698 g/mol. The Morgan fingerprint density at radius 2 is 1.04 bits per heavy atom. The third kappa shape index (κ3) is 7.76. The van der Waals surface area contributed by atoms with E-state index < -0.39 is 23.5 Å². The SMILES string of the molecule is CNc1nc(Nc2cn(C3CCN(C(=O)N4CCC(n5cc(Nc6ncc(C(F)(F)F)c(NC)n6)c(C)n5)CC4)CC3)nc2C)ncc1C(F)(F)F. The van der Waals surface area contributed by atoms with Crippen molar-refractivity contribution in [1.29, 1.82) is 0 Å². The molecule has 0 aromatic carbocycles. The van der Waals surface area contributed by atoms with Crippen LogP contribution in [0.25, 0.3) is 0 Å². The number of anilines is 6. The summed E-state index contributed by atoms with van der Waals surface area (Å²) in [6, 6.07) is 0.0117. The summed E-state index contributed by atoms with van der Waals surface area (Å²) in [5, 5.41) is 20.0. The fourth-order valence-corrected chi connectivity index (χ4v) is 6.35. The first kappa shape index (κ1) is 36.4. The molecule has 6 rings (SSSR count). The lowest BCUT2D eigenvalue weighted by Crippen LogP contribution is -2.49. The van der Waals surface area contributed by atoms with Gasteiger partial charge in [-0.2, -0.15) is 46.5 Å². The van der Waals surface area contributed by atoms with Crippen molar-refractivity contribution in [1.82, 2.24) is 49.3 Å². The predicted octanol–water partition coefficient (Wildman–Crippen LogP) is 5.98. The van der Waals surface area contributed by atoms with Crippen LogP contribution in [0.1, 0.15) is 60.3 Å². The van der Waals surface area contributed by atoms with Crippen LogP contribution >= 0.6 is 0 Å². The van der Waals surface area contributed by atoms with Gasteiger partial charge in [-0.25, -0.2) is 14.8 Å². The number of rotatable bonds is 8. The molecule has 4 N–H and O–H groups in total. The highest BCUT2D eigenvalue weighted by Gasteiger charge is 2.36. The molecule has 4 aromatic heterocycles. The lowest BCUT2D eigenvalue weighted by atomic mass is 10.0. The van der Waals surface area contributed by atoms with E-state index in [1.807, 2.05) is 19.2 Å². The summed E-state index contributed by atoms with van der Waals surface area (Å²) in [4.78, 5) is 32.7. The maximum atomic E-state index is 13.4. The van der Waals surface area contributed by atoms with Gasteiger partial charge in [-0.1, -0.05) is 0 Å². The molecule has 0 atom stereocenters. The second-order valence-corrected chi connectivity index (χ2v) is 12.6. The molecule has 2 aliphatic heterocycles. The number of aromatic nitrogens is 8. The summed E-state index contributed by atoms with van der Waals surface area (Å²) in [6.45, 7) is 5.69. The Kier molecular flexibility index (Phi) is 10.0. The van der Waals surface area contributed by atoms with Gasteiger partial charge in [-0.15, -0.1) is 0 Å². The van der Waals surface area contributed by atoms with Gasteiger partial charge < -0.3 is 31.1 Å². The van der Waals surface area contributed by atoms with E-state index >= 15 is 0 Å². The molecule has 2 fully saturated rings. The van der Waals surface area contributed by atoms with Crippen LogP contribution in [-0.2, 0) is 12.4 Å². The molecular formula is C31H38F6N14O. The average molecular weight is 737 g/mol. The summed E-state index contributed by atoms with van der Waals surface area (Å²) in [6.07, 6.45) is -1.49. The Labute approximate surface area is 294 Å². The monoisotopic (exact) mass is 736 g/mol. The van der Waals surface area contributed by atoms with Gasteiger partial charge in [-0.05, 0) is 39.5 Å². The van der Waals surface area contributed by atoms with Crippen molar-refractivity contribution in [3.63, 3.8) is 0 Å². The van der Waals surface area contributed by atoms with Crippen LogP contribution in [0.2, 0.25) is 0 Å². The second-order valence-electron chi connectivity index (χ2n) is 12.6.